The summed E-state index contributed by atoms with van der Waals surface area (Å²) < 4.78 is 5.75. The molecule has 0 heterocycles. The largest absolute Gasteiger partial charge is 0.493 e. The maximum Gasteiger partial charge on any atom is 0.124 e. The Labute approximate surface area is 104 Å². The minimum absolute atomic E-state index is 0.0450. The molecule has 0 amide bonds. The van der Waals surface area contributed by atoms with Crippen LogP contribution in [0.25, 0.3) is 0 Å². The van der Waals surface area contributed by atoms with E-state index in [1.165, 1.54) is 0 Å². The third-order valence-electron chi connectivity index (χ3n) is 2.82. The molecule has 1 atom stereocenters. The van der Waals surface area contributed by atoms with Crippen LogP contribution in [0.2, 0.25) is 0 Å². The molecule has 3 N–H and O–H groups in total. The summed E-state index contributed by atoms with van der Waals surface area (Å²) in [7, 11) is 0. The third-order valence-corrected chi connectivity index (χ3v) is 2.82. The predicted molar refractivity (Wildman–Crippen MR) is 70.1 cm³/mol. The van der Waals surface area contributed by atoms with Crippen molar-refractivity contribution in [1.29, 1.82) is 0 Å². The van der Waals surface area contributed by atoms with Gasteiger partial charge >= 0.3 is 0 Å². The molecule has 0 aromatic heterocycles. The van der Waals surface area contributed by atoms with Crippen molar-refractivity contribution in [3.05, 3.63) is 29.8 Å². The normalized spacial score (nSPS) is 12.4. The lowest BCUT2D eigenvalue weighted by atomic mass is 10.0. The van der Waals surface area contributed by atoms with Crippen molar-refractivity contribution in [2.45, 2.75) is 38.6 Å². The van der Waals surface area contributed by atoms with Crippen LogP contribution in [0.5, 0.6) is 5.75 Å². The van der Waals surface area contributed by atoms with Crippen molar-refractivity contribution in [2.24, 2.45) is 5.73 Å². The van der Waals surface area contributed by atoms with Crippen LogP contribution in [-0.4, -0.2) is 18.3 Å². The zero-order chi connectivity index (χ0) is 12.5. The van der Waals surface area contributed by atoms with Gasteiger partial charge in [0.2, 0.25) is 0 Å². The number of benzene rings is 1. The number of ether oxygens (including phenoxy) is 1. The molecule has 0 bridgehead atoms. The fourth-order valence-electron chi connectivity index (χ4n) is 1.71. The zero-order valence-corrected chi connectivity index (χ0v) is 10.6. The van der Waals surface area contributed by atoms with Gasteiger partial charge < -0.3 is 15.6 Å². The van der Waals surface area contributed by atoms with Gasteiger partial charge in [0.25, 0.3) is 0 Å². The summed E-state index contributed by atoms with van der Waals surface area (Å²) in [6, 6.07) is 8.00. The molecule has 0 aliphatic carbocycles. The summed E-state index contributed by atoms with van der Waals surface area (Å²) >= 11 is 0. The zero-order valence-electron chi connectivity index (χ0n) is 10.6. The van der Waals surface area contributed by atoms with Crippen LogP contribution in [0.1, 0.15) is 44.2 Å². The van der Waals surface area contributed by atoms with E-state index >= 15 is 0 Å². The number of nitrogens with two attached hydrogens (primary N) is 1. The van der Waals surface area contributed by atoms with Crippen molar-refractivity contribution in [3.63, 3.8) is 0 Å². The van der Waals surface area contributed by atoms with Crippen LogP contribution in [0.3, 0.4) is 0 Å². The van der Waals surface area contributed by atoms with E-state index in [4.69, 9.17) is 15.6 Å². The first-order chi connectivity index (χ1) is 8.29. The first kappa shape index (κ1) is 14.0. The third kappa shape index (κ3) is 4.75. The number of hydrogen-bond donors (Lipinski definition) is 2. The van der Waals surface area contributed by atoms with E-state index in [9.17, 15) is 0 Å². The van der Waals surface area contributed by atoms with Crippen LogP contribution in [0, 0.1) is 0 Å². The number of rotatable bonds is 8. The maximum atomic E-state index is 8.67. The van der Waals surface area contributed by atoms with E-state index in [0.717, 1.165) is 37.0 Å². The highest BCUT2D eigenvalue weighted by atomic mass is 16.5. The van der Waals surface area contributed by atoms with Gasteiger partial charge in [0.05, 0.1) is 6.61 Å². The predicted octanol–water partition coefficient (Wildman–Crippen LogP) is 2.64. The first-order valence-corrected chi connectivity index (χ1v) is 6.37. The van der Waals surface area contributed by atoms with Crippen molar-refractivity contribution in [1.82, 2.24) is 0 Å². The lowest BCUT2D eigenvalue weighted by Gasteiger charge is -2.15. The van der Waals surface area contributed by atoms with Gasteiger partial charge in [0.15, 0.2) is 0 Å². The SMILES string of the molecule is CCC(N)c1ccccc1OCCCCCO. The molecule has 3 heteroatoms. The maximum absolute atomic E-state index is 8.67. The van der Waals surface area contributed by atoms with Crippen molar-refractivity contribution in [3.8, 4) is 5.75 Å². The summed E-state index contributed by atoms with van der Waals surface area (Å²) in [6.45, 7) is 3.02. The second kappa shape index (κ2) is 8.09. The van der Waals surface area contributed by atoms with E-state index < -0.39 is 0 Å². The van der Waals surface area contributed by atoms with Gasteiger partial charge in [-0.15, -0.1) is 0 Å². The molecule has 0 aliphatic rings. The molecule has 96 valence electrons. The fraction of sp³-hybridized carbons (Fsp3) is 0.571. The summed E-state index contributed by atoms with van der Waals surface area (Å²) in [5.41, 5.74) is 7.11. The molecule has 0 fully saturated rings. The number of unbranched alkanes of at least 4 members (excludes halogenated alkanes) is 2. The van der Waals surface area contributed by atoms with Crippen molar-refractivity contribution >= 4 is 0 Å². The van der Waals surface area contributed by atoms with Crippen molar-refractivity contribution < 1.29 is 9.84 Å². The van der Waals surface area contributed by atoms with Crippen LogP contribution in [-0.2, 0) is 0 Å². The van der Waals surface area contributed by atoms with Gasteiger partial charge in [0, 0.05) is 18.2 Å². The minimum atomic E-state index is 0.0450. The Kier molecular flexibility index (Phi) is 6.67. The van der Waals surface area contributed by atoms with Crippen molar-refractivity contribution in [2.75, 3.05) is 13.2 Å². The Bertz CT molecular complexity index is 315. The monoisotopic (exact) mass is 237 g/mol. The topological polar surface area (TPSA) is 55.5 Å². The number of aliphatic hydroxyl groups excluding tert-OH is 1. The lowest BCUT2D eigenvalue weighted by molar-refractivity contribution is 0.265. The lowest BCUT2D eigenvalue weighted by Crippen LogP contribution is -2.11. The van der Waals surface area contributed by atoms with E-state index in [1.807, 2.05) is 24.3 Å². The molecule has 0 saturated heterocycles. The molecule has 0 spiro atoms. The molecular weight excluding hydrogens is 214 g/mol. The summed E-state index contributed by atoms with van der Waals surface area (Å²) in [4.78, 5) is 0. The molecule has 0 radical (unpaired) electrons. The van der Waals surface area contributed by atoms with E-state index in [2.05, 4.69) is 6.92 Å². The molecule has 1 aromatic rings. The molecule has 1 unspecified atom stereocenters. The van der Waals surface area contributed by atoms with E-state index in [-0.39, 0.29) is 12.6 Å². The van der Waals surface area contributed by atoms with Crippen LogP contribution in [0.15, 0.2) is 24.3 Å². The second-order valence-corrected chi connectivity index (χ2v) is 4.19. The highest BCUT2D eigenvalue weighted by Gasteiger charge is 2.09. The Morgan fingerprint density at radius 2 is 2.00 bits per heavy atom. The van der Waals surface area contributed by atoms with Gasteiger partial charge in [-0.2, -0.15) is 0 Å². The van der Waals surface area contributed by atoms with Gasteiger partial charge in [-0.3, -0.25) is 0 Å². The smallest absolute Gasteiger partial charge is 0.124 e. The van der Waals surface area contributed by atoms with Gasteiger partial charge in [0.1, 0.15) is 5.75 Å². The van der Waals surface area contributed by atoms with Crippen LogP contribution >= 0.6 is 0 Å². The highest BCUT2D eigenvalue weighted by Crippen LogP contribution is 2.25. The minimum Gasteiger partial charge on any atom is -0.493 e. The Hall–Kier alpha value is -1.06. The molecule has 17 heavy (non-hydrogen) atoms. The van der Waals surface area contributed by atoms with E-state index in [0.29, 0.717) is 6.61 Å². The Balaban J connectivity index is 2.46. The standard InChI is InChI=1S/C14H23NO2/c1-2-13(15)12-8-4-5-9-14(12)17-11-7-3-6-10-16/h4-5,8-9,13,16H,2-3,6-7,10-11,15H2,1H3. The Morgan fingerprint density at radius 1 is 1.24 bits per heavy atom. The molecule has 0 saturated carbocycles. The first-order valence-electron chi connectivity index (χ1n) is 6.37. The molecular formula is C14H23NO2. The van der Waals surface area contributed by atoms with Gasteiger partial charge in [-0.05, 0) is 31.7 Å². The van der Waals surface area contributed by atoms with Crippen LogP contribution in [0.4, 0.5) is 0 Å². The summed E-state index contributed by atoms with van der Waals surface area (Å²) in [5, 5.41) is 8.67. The highest BCUT2D eigenvalue weighted by molar-refractivity contribution is 5.35. The fourth-order valence-corrected chi connectivity index (χ4v) is 1.71. The van der Waals surface area contributed by atoms with E-state index in [1.54, 1.807) is 0 Å². The molecule has 3 nitrogen and oxygen atoms in total. The average Bonchev–Trinajstić information content (AvgIpc) is 2.38. The summed E-state index contributed by atoms with van der Waals surface area (Å²) in [6.07, 6.45) is 3.72. The average molecular weight is 237 g/mol. The Morgan fingerprint density at radius 3 is 2.71 bits per heavy atom. The number of aliphatic hydroxyl groups is 1. The number of para-hydroxylation sites is 1. The van der Waals surface area contributed by atoms with Crippen LogP contribution < -0.4 is 10.5 Å². The summed E-state index contributed by atoms with van der Waals surface area (Å²) in [5.74, 6) is 0.894. The quantitative estimate of drug-likeness (QED) is 0.683. The second-order valence-electron chi connectivity index (χ2n) is 4.19. The van der Waals surface area contributed by atoms with Gasteiger partial charge in [-0.25, -0.2) is 0 Å². The molecule has 0 aliphatic heterocycles. The number of hydrogen-bond acceptors (Lipinski definition) is 3. The van der Waals surface area contributed by atoms with Gasteiger partial charge in [-0.1, -0.05) is 25.1 Å². The molecule has 1 rings (SSSR count). The molecule has 1 aromatic carbocycles.